The molecule has 1 aliphatic heterocycles. The van der Waals surface area contributed by atoms with Gasteiger partial charge in [0.1, 0.15) is 0 Å². The highest BCUT2D eigenvalue weighted by Gasteiger charge is 2.19. The molecule has 0 saturated carbocycles. The van der Waals surface area contributed by atoms with Crippen molar-refractivity contribution in [2.24, 2.45) is 0 Å². The zero-order valence-electron chi connectivity index (χ0n) is 15.1. The molecule has 1 aliphatic rings. The third-order valence-electron chi connectivity index (χ3n) is 4.85. The van der Waals surface area contributed by atoms with Crippen molar-refractivity contribution < 1.29 is 5.11 Å². The monoisotopic (exact) mass is 369 g/mol. The molecule has 2 N–H and O–H groups in total. The Balaban J connectivity index is 1.36. The van der Waals surface area contributed by atoms with E-state index in [1.54, 1.807) is 0 Å². The second kappa shape index (κ2) is 9.67. The summed E-state index contributed by atoms with van der Waals surface area (Å²) in [7, 11) is 0. The Morgan fingerprint density at radius 2 is 1.58 bits per heavy atom. The molecule has 2 aromatic rings. The van der Waals surface area contributed by atoms with Crippen LogP contribution in [-0.4, -0.2) is 52.7 Å². The molecular formula is C21H27N3OS. The van der Waals surface area contributed by atoms with Crippen LogP contribution in [0.5, 0.6) is 0 Å². The second-order valence-corrected chi connectivity index (χ2v) is 7.07. The lowest BCUT2D eigenvalue weighted by molar-refractivity contribution is 0.123. The molecule has 3 rings (SSSR count). The van der Waals surface area contributed by atoms with Crippen molar-refractivity contribution in [3.63, 3.8) is 0 Å². The zero-order valence-corrected chi connectivity index (χ0v) is 15.9. The summed E-state index contributed by atoms with van der Waals surface area (Å²) in [5.41, 5.74) is 2.24. The van der Waals surface area contributed by atoms with Gasteiger partial charge in [-0.05, 0) is 29.8 Å². The van der Waals surface area contributed by atoms with E-state index in [1.807, 2.05) is 48.5 Å². The van der Waals surface area contributed by atoms with Crippen molar-refractivity contribution in [2.75, 3.05) is 32.7 Å². The van der Waals surface area contributed by atoms with Crippen LogP contribution in [0.25, 0.3) is 0 Å². The van der Waals surface area contributed by atoms with E-state index >= 15 is 0 Å². The van der Waals surface area contributed by atoms with Crippen LogP contribution in [0.2, 0.25) is 0 Å². The summed E-state index contributed by atoms with van der Waals surface area (Å²) < 4.78 is 0. The Kier molecular flexibility index (Phi) is 7.00. The molecule has 2 aromatic carbocycles. The van der Waals surface area contributed by atoms with Gasteiger partial charge in [-0.2, -0.15) is 0 Å². The number of rotatable bonds is 6. The van der Waals surface area contributed by atoms with Crippen LogP contribution in [0.4, 0.5) is 0 Å². The van der Waals surface area contributed by atoms with Crippen LogP contribution in [-0.2, 0) is 6.54 Å². The molecule has 1 fully saturated rings. The van der Waals surface area contributed by atoms with Gasteiger partial charge in [-0.15, -0.1) is 0 Å². The topological polar surface area (TPSA) is 38.7 Å². The number of piperazine rings is 1. The van der Waals surface area contributed by atoms with Gasteiger partial charge in [-0.3, -0.25) is 4.90 Å². The van der Waals surface area contributed by atoms with E-state index < -0.39 is 0 Å². The molecule has 138 valence electrons. The summed E-state index contributed by atoms with van der Waals surface area (Å²) in [5, 5.41) is 14.5. The fraction of sp³-hybridized carbons (Fsp3) is 0.381. The van der Waals surface area contributed by atoms with Crippen molar-refractivity contribution in [3.8, 4) is 0 Å². The van der Waals surface area contributed by atoms with Crippen molar-refractivity contribution >= 4 is 17.3 Å². The SMILES string of the molecule is OC(CCN1CCN(C(=S)NCc2ccccc2)CC1)c1ccccc1. The average Bonchev–Trinajstić information content (AvgIpc) is 2.72. The first-order chi connectivity index (χ1) is 12.7. The van der Waals surface area contributed by atoms with E-state index in [0.717, 1.165) is 56.4 Å². The van der Waals surface area contributed by atoms with Gasteiger partial charge in [0, 0.05) is 39.3 Å². The highest BCUT2D eigenvalue weighted by Crippen LogP contribution is 2.17. The standard InChI is InChI=1S/C21H27N3OS/c25-20(19-9-5-2-6-10-19)11-12-23-13-15-24(16-14-23)21(26)22-17-18-7-3-1-4-8-18/h1-10,20,25H,11-17H2,(H,22,26). The minimum atomic E-state index is -0.386. The lowest BCUT2D eigenvalue weighted by Crippen LogP contribution is -2.51. The second-order valence-electron chi connectivity index (χ2n) is 6.69. The van der Waals surface area contributed by atoms with Crippen LogP contribution >= 0.6 is 12.2 Å². The maximum atomic E-state index is 10.3. The molecular weight excluding hydrogens is 342 g/mol. The molecule has 0 radical (unpaired) electrons. The van der Waals surface area contributed by atoms with Gasteiger partial charge in [0.15, 0.2) is 5.11 Å². The predicted molar refractivity (Wildman–Crippen MR) is 110 cm³/mol. The van der Waals surface area contributed by atoms with Crippen LogP contribution in [0.3, 0.4) is 0 Å². The fourth-order valence-electron chi connectivity index (χ4n) is 3.21. The van der Waals surface area contributed by atoms with Gasteiger partial charge in [0.2, 0.25) is 0 Å². The molecule has 5 heteroatoms. The lowest BCUT2D eigenvalue weighted by atomic mass is 10.1. The van der Waals surface area contributed by atoms with E-state index in [-0.39, 0.29) is 6.10 Å². The Morgan fingerprint density at radius 1 is 0.962 bits per heavy atom. The van der Waals surface area contributed by atoms with Crippen LogP contribution in [0.15, 0.2) is 60.7 Å². The maximum absolute atomic E-state index is 10.3. The van der Waals surface area contributed by atoms with Crippen LogP contribution < -0.4 is 5.32 Å². The summed E-state index contributed by atoms with van der Waals surface area (Å²) in [5.74, 6) is 0. The van der Waals surface area contributed by atoms with Crippen molar-refractivity contribution in [2.45, 2.75) is 19.1 Å². The largest absolute Gasteiger partial charge is 0.388 e. The Bertz CT molecular complexity index is 672. The van der Waals surface area contributed by atoms with Crippen molar-refractivity contribution in [1.82, 2.24) is 15.1 Å². The smallest absolute Gasteiger partial charge is 0.169 e. The molecule has 0 amide bonds. The van der Waals surface area contributed by atoms with Crippen molar-refractivity contribution in [1.29, 1.82) is 0 Å². The highest BCUT2D eigenvalue weighted by molar-refractivity contribution is 7.80. The van der Waals surface area contributed by atoms with E-state index in [1.165, 1.54) is 5.56 Å². The molecule has 1 atom stereocenters. The minimum Gasteiger partial charge on any atom is -0.388 e. The number of hydrogen-bond donors (Lipinski definition) is 2. The molecule has 0 aromatic heterocycles. The Labute approximate surface area is 161 Å². The average molecular weight is 370 g/mol. The van der Waals surface area contributed by atoms with Gasteiger partial charge < -0.3 is 15.3 Å². The number of thiocarbonyl (C=S) groups is 1. The van der Waals surface area contributed by atoms with E-state index in [4.69, 9.17) is 12.2 Å². The number of nitrogens with one attached hydrogen (secondary N) is 1. The fourth-order valence-corrected chi connectivity index (χ4v) is 3.46. The molecule has 1 saturated heterocycles. The molecule has 26 heavy (non-hydrogen) atoms. The highest BCUT2D eigenvalue weighted by atomic mass is 32.1. The first-order valence-corrected chi connectivity index (χ1v) is 9.65. The first kappa shape index (κ1) is 18.8. The van der Waals surface area contributed by atoms with E-state index in [2.05, 4.69) is 27.2 Å². The van der Waals surface area contributed by atoms with Gasteiger partial charge in [-0.1, -0.05) is 60.7 Å². The first-order valence-electron chi connectivity index (χ1n) is 9.24. The Morgan fingerprint density at radius 3 is 2.23 bits per heavy atom. The number of aliphatic hydroxyl groups is 1. The number of hydrogen-bond acceptors (Lipinski definition) is 3. The normalized spacial score (nSPS) is 16.3. The Hall–Kier alpha value is -1.95. The van der Waals surface area contributed by atoms with E-state index in [9.17, 15) is 5.11 Å². The zero-order chi connectivity index (χ0) is 18.2. The molecule has 1 unspecified atom stereocenters. The van der Waals surface area contributed by atoms with Gasteiger partial charge in [0.05, 0.1) is 6.10 Å². The van der Waals surface area contributed by atoms with Gasteiger partial charge >= 0.3 is 0 Å². The molecule has 0 spiro atoms. The molecule has 0 bridgehead atoms. The quantitative estimate of drug-likeness (QED) is 0.766. The number of aliphatic hydroxyl groups excluding tert-OH is 1. The molecule has 4 nitrogen and oxygen atoms in total. The predicted octanol–water partition coefficient (Wildman–Crippen LogP) is 2.80. The number of benzene rings is 2. The third-order valence-corrected chi connectivity index (χ3v) is 5.25. The lowest BCUT2D eigenvalue weighted by Gasteiger charge is -2.36. The maximum Gasteiger partial charge on any atom is 0.169 e. The minimum absolute atomic E-state index is 0.386. The summed E-state index contributed by atoms with van der Waals surface area (Å²) in [6, 6.07) is 20.2. The summed E-state index contributed by atoms with van der Waals surface area (Å²) in [4.78, 5) is 4.64. The van der Waals surface area contributed by atoms with Gasteiger partial charge in [0.25, 0.3) is 0 Å². The molecule has 0 aliphatic carbocycles. The summed E-state index contributed by atoms with van der Waals surface area (Å²) >= 11 is 5.54. The van der Waals surface area contributed by atoms with E-state index in [0.29, 0.717) is 0 Å². The molecule has 1 heterocycles. The third kappa shape index (κ3) is 5.53. The van der Waals surface area contributed by atoms with Crippen LogP contribution in [0, 0.1) is 0 Å². The van der Waals surface area contributed by atoms with Crippen molar-refractivity contribution in [3.05, 3.63) is 71.8 Å². The number of nitrogens with zero attached hydrogens (tertiary/aromatic N) is 2. The van der Waals surface area contributed by atoms with Crippen LogP contribution in [0.1, 0.15) is 23.7 Å². The summed E-state index contributed by atoms with van der Waals surface area (Å²) in [6.45, 7) is 5.50. The summed E-state index contributed by atoms with van der Waals surface area (Å²) in [6.07, 6.45) is 0.378. The van der Waals surface area contributed by atoms with Gasteiger partial charge in [-0.25, -0.2) is 0 Å².